The van der Waals surface area contributed by atoms with E-state index in [2.05, 4.69) is 10.6 Å². The standard InChI is InChI=1S/C17H22N2O4/c1-2-3-11-18-16(22)19-14(20)12-23-15(21)17(9-10-17)13-7-5-4-6-8-13/h4-8H,2-3,9-12H2,1H3,(H2,18,19,20,22). The first-order valence-electron chi connectivity index (χ1n) is 7.89. The zero-order valence-electron chi connectivity index (χ0n) is 13.3. The van der Waals surface area contributed by atoms with Gasteiger partial charge in [-0.05, 0) is 24.8 Å². The summed E-state index contributed by atoms with van der Waals surface area (Å²) >= 11 is 0. The number of unbranched alkanes of at least 4 members (excludes halogenated alkanes) is 1. The van der Waals surface area contributed by atoms with Crippen LogP contribution in [0.3, 0.4) is 0 Å². The van der Waals surface area contributed by atoms with Crippen LogP contribution < -0.4 is 10.6 Å². The Hall–Kier alpha value is -2.37. The summed E-state index contributed by atoms with van der Waals surface area (Å²) in [5.74, 6) is -1.04. The maximum Gasteiger partial charge on any atom is 0.321 e. The molecular formula is C17H22N2O4. The predicted molar refractivity (Wildman–Crippen MR) is 84.8 cm³/mol. The summed E-state index contributed by atoms with van der Waals surface area (Å²) in [6, 6.07) is 8.83. The van der Waals surface area contributed by atoms with Gasteiger partial charge in [-0.25, -0.2) is 4.79 Å². The lowest BCUT2D eigenvalue weighted by atomic mass is 9.96. The van der Waals surface area contributed by atoms with Gasteiger partial charge in [0.05, 0.1) is 5.41 Å². The van der Waals surface area contributed by atoms with Crippen molar-refractivity contribution in [3.8, 4) is 0 Å². The maximum absolute atomic E-state index is 12.2. The molecule has 1 aromatic rings. The van der Waals surface area contributed by atoms with Crippen LogP contribution in [0.15, 0.2) is 30.3 Å². The number of rotatable bonds is 7. The Kier molecular flexibility index (Phi) is 5.73. The Labute approximate surface area is 135 Å². The minimum atomic E-state index is -0.629. The van der Waals surface area contributed by atoms with E-state index in [4.69, 9.17) is 4.74 Å². The van der Waals surface area contributed by atoms with Crippen molar-refractivity contribution in [1.82, 2.24) is 10.6 Å². The topological polar surface area (TPSA) is 84.5 Å². The quantitative estimate of drug-likeness (QED) is 0.594. The highest BCUT2D eigenvalue weighted by Crippen LogP contribution is 2.49. The number of urea groups is 1. The average Bonchev–Trinajstić information content (AvgIpc) is 3.35. The fourth-order valence-electron chi connectivity index (χ4n) is 2.35. The number of benzene rings is 1. The van der Waals surface area contributed by atoms with Gasteiger partial charge in [-0.2, -0.15) is 0 Å². The van der Waals surface area contributed by atoms with E-state index in [1.54, 1.807) is 0 Å². The number of ether oxygens (including phenoxy) is 1. The molecule has 0 heterocycles. The van der Waals surface area contributed by atoms with Crippen molar-refractivity contribution in [3.05, 3.63) is 35.9 Å². The molecule has 0 unspecified atom stereocenters. The summed E-state index contributed by atoms with van der Waals surface area (Å²) in [4.78, 5) is 35.3. The van der Waals surface area contributed by atoms with Crippen LogP contribution in [0.25, 0.3) is 0 Å². The molecule has 6 nitrogen and oxygen atoms in total. The van der Waals surface area contributed by atoms with Gasteiger partial charge in [-0.15, -0.1) is 0 Å². The average molecular weight is 318 g/mol. The highest BCUT2D eigenvalue weighted by molar-refractivity contribution is 5.96. The Morgan fingerprint density at radius 2 is 1.87 bits per heavy atom. The zero-order valence-corrected chi connectivity index (χ0v) is 13.3. The highest BCUT2D eigenvalue weighted by atomic mass is 16.5. The third-order valence-electron chi connectivity index (χ3n) is 3.87. The van der Waals surface area contributed by atoms with E-state index in [0.717, 1.165) is 31.2 Å². The minimum Gasteiger partial charge on any atom is -0.455 e. The van der Waals surface area contributed by atoms with Crippen LogP contribution >= 0.6 is 0 Å². The molecule has 3 amide bonds. The Bertz CT molecular complexity index is 567. The summed E-state index contributed by atoms with van der Waals surface area (Å²) in [6.45, 7) is 2.06. The van der Waals surface area contributed by atoms with Crippen LogP contribution in [0, 0.1) is 0 Å². The van der Waals surface area contributed by atoms with Gasteiger partial charge in [-0.1, -0.05) is 43.7 Å². The van der Waals surface area contributed by atoms with E-state index < -0.39 is 29.9 Å². The Morgan fingerprint density at radius 1 is 1.17 bits per heavy atom. The van der Waals surface area contributed by atoms with Gasteiger partial charge in [0.2, 0.25) is 0 Å². The first-order chi connectivity index (χ1) is 11.1. The second-order valence-electron chi connectivity index (χ2n) is 5.68. The highest BCUT2D eigenvalue weighted by Gasteiger charge is 2.52. The zero-order chi connectivity index (χ0) is 16.7. The minimum absolute atomic E-state index is 0.412. The Balaban J connectivity index is 1.76. The van der Waals surface area contributed by atoms with Crippen LogP contribution in [0.4, 0.5) is 4.79 Å². The number of hydrogen-bond acceptors (Lipinski definition) is 4. The van der Waals surface area contributed by atoms with Gasteiger partial charge < -0.3 is 10.1 Å². The molecule has 0 aliphatic heterocycles. The van der Waals surface area contributed by atoms with Gasteiger partial charge in [0, 0.05) is 6.54 Å². The second kappa shape index (κ2) is 7.76. The van der Waals surface area contributed by atoms with Crippen LogP contribution in [0.1, 0.15) is 38.2 Å². The third kappa shape index (κ3) is 4.55. The predicted octanol–water partition coefficient (Wildman–Crippen LogP) is 1.89. The molecule has 124 valence electrons. The first-order valence-corrected chi connectivity index (χ1v) is 7.89. The molecule has 0 spiro atoms. The van der Waals surface area contributed by atoms with Gasteiger partial charge in [-0.3, -0.25) is 14.9 Å². The van der Waals surface area contributed by atoms with Gasteiger partial charge in [0.25, 0.3) is 5.91 Å². The molecule has 0 bridgehead atoms. The summed E-state index contributed by atoms with van der Waals surface area (Å²) in [6.07, 6.45) is 3.23. The lowest BCUT2D eigenvalue weighted by molar-refractivity contribution is -0.150. The molecule has 1 aliphatic rings. The number of carbonyl (C=O) groups is 3. The van der Waals surface area contributed by atoms with Crippen LogP contribution in [-0.2, 0) is 19.7 Å². The molecule has 0 radical (unpaired) electrons. The van der Waals surface area contributed by atoms with E-state index in [1.165, 1.54) is 0 Å². The van der Waals surface area contributed by atoms with E-state index in [0.29, 0.717) is 6.54 Å². The maximum atomic E-state index is 12.2. The fourth-order valence-corrected chi connectivity index (χ4v) is 2.35. The summed E-state index contributed by atoms with van der Waals surface area (Å²) in [7, 11) is 0. The second-order valence-corrected chi connectivity index (χ2v) is 5.68. The van der Waals surface area contributed by atoms with Gasteiger partial charge in [0.15, 0.2) is 6.61 Å². The third-order valence-corrected chi connectivity index (χ3v) is 3.87. The van der Waals surface area contributed by atoms with E-state index in [9.17, 15) is 14.4 Å². The molecule has 23 heavy (non-hydrogen) atoms. The summed E-state index contributed by atoms with van der Waals surface area (Å²) < 4.78 is 5.08. The monoisotopic (exact) mass is 318 g/mol. The lowest BCUT2D eigenvalue weighted by Gasteiger charge is -2.14. The number of hydrogen-bond donors (Lipinski definition) is 2. The molecule has 0 aromatic heterocycles. The van der Waals surface area contributed by atoms with Crippen molar-refractivity contribution < 1.29 is 19.1 Å². The number of esters is 1. The molecule has 6 heteroatoms. The first kappa shape index (κ1) is 17.0. The molecule has 1 aromatic carbocycles. The van der Waals surface area contributed by atoms with E-state index >= 15 is 0 Å². The summed E-state index contributed by atoms with van der Waals surface area (Å²) in [5.41, 5.74) is 0.285. The van der Waals surface area contributed by atoms with Crippen LogP contribution in [0.5, 0.6) is 0 Å². The van der Waals surface area contributed by atoms with Crippen molar-refractivity contribution in [2.75, 3.05) is 13.2 Å². The number of carbonyl (C=O) groups excluding carboxylic acids is 3. The largest absolute Gasteiger partial charge is 0.455 e. The molecule has 2 rings (SSSR count). The molecule has 1 saturated carbocycles. The fraction of sp³-hybridized carbons (Fsp3) is 0.471. The van der Waals surface area contributed by atoms with E-state index in [1.807, 2.05) is 37.3 Å². The Morgan fingerprint density at radius 3 is 2.48 bits per heavy atom. The van der Waals surface area contributed by atoms with Crippen molar-refractivity contribution in [2.24, 2.45) is 0 Å². The van der Waals surface area contributed by atoms with Crippen LogP contribution in [0.2, 0.25) is 0 Å². The lowest BCUT2D eigenvalue weighted by Crippen LogP contribution is -2.42. The summed E-state index contributed by atoms with van der Waals surface area (Å²) in [5, 5.41) is 4.70. The molecule has 1 aliphatic carbocycles. The number of imide groups is 1. The molecule has 2 N–H and O–H groups in total. The number of amides is 3. The van der Waals surface area contributed by atoms with Crippen molar-refractivity contribution in [3.63, 3.8) is 0 Å². The molecular weight excluding hydrogens is 296 g/mol. The van der Waals surface area contributed by atoms with Crippen molar-refractivity contribution in [1.29, 1.82) is 0 Å². The van der Waals surface area contributed by atoms with Gasteiger partial charge in [0.1, 0.15) is 0 Å². The normalized spacial score (nSPS) is 14.7. The van der Waals surface area contributed by atoms with E-state index in [-0.39, 0.29) is 0 Å². The smallest absolute Gasteiger partial charge is 0.321 e. The SMILES string of the molecule is CCCCNC(=O)NC(=O)COC(=O)C1(c2ccccc2)CC1. The molecule has 0 saturated heterocycles. The molecule has 1 fully saturated rings. The van der Waals surface area contributed by atoms with Gasteiger partial charge >= 0.3 is 12.0 Å². The van der Waals surface area contributed by atoms with Crippen molar-refractivity contribution in [2.45, 2.75) is 38.0 Å². The number of nitrogens with one attached hydrogen (secondary N) is 2. The van der Waals surface area contributed by atoms with Crippen molar-refractivity contribution >= 4 is 17.9 Å². The van der Waals surface area contributed by atoms with Crippen LogP contribution in [-0.4, -0.2) is 31.1 Å². The molecule has 0 atom stereocenters.